The topological polar surface area (TPSA) is 123 Å². The first-order valence-electron chi connectivity index (χ1n) is 16.6. The number of carboxylic acid groups (broad SMARTS) is 1. The van der Waals surface area contributed by atoms with Crippen LogP contribution >= 0.6 is 11.3 Å². The number of aryl methyl sites for hydroxylation is 1. The van der Waals surface area contributed by atoms with Crippen LogP contribution < -0.4 is 5.32 Å². The molecule has 10 nitrogen and oxygen atoms in total. The fourth-order valence-corrected chi connectivity index (χ4v) is 10.1. The second-order valence-corrected chi connectivity index (χ2v) is 15.2. The Morgan fingerprint density at radius 3 is 2.57 bits per heavy atom. The van der Waals surface area contributed by atoms with Gasteiger partial charge in [0.15, 0.2) is 16.6 Å². The Bertz CT molecular complexity index is 2150. The van der Waals surface area contributed by atoms with Crippen molar-refractivity contribution >= 4 is 44.1 Å². The fourth-order valence-electron chi connectivity index (χ4n) is 9.19. The summed E-state index contributed by atoms with van der Waals surface area (Å²) in [6.07, 6.45) is 14.9. The molecule has 4 fully saturated rings. The summed E-state index contributed by atoms with van der Waals surface area (Å²) in [7, 11) is 0. The van der Waals surface area contributed by atoms with Crippen LogP contribution in [0.4, 0.5) is 10.9 Å². The normalized spacial score (nSPS) is 23.5. The van der Waals surface area contributed by atoms with Gasteiger partial charge >= 0.3 is 5.97 Å². The lowest BCUT2D eigenvalue weighted by Crippen LogP contribution is -2.40. The van der Waals surface area contributed by atoms with Gasteiger partial charge in [0, 0.05) is 29.6 Å². The first-order chi connectivity index (χ1) is 22.8. The minimum atomic E-state index is -1.02. The molecule has 47 heavy (non-hydrogen) atoms. The lowest BCUT2D eigenvalue weighted by atomic mass is 9.58. The predicted molar refractivity (Wildman–Crippen MR) is 182 cm³/mol. The van der Waals surface area contributed by atoms with E-state index in [2.05, 4.69) is 37.1 Å². The second-order valence-electron chi connectivity index (χ2n) is 14.2. The van der Waals surface area contributed by atoms with Gasteiger partial charge in [-0.05, 0) is 98.9 Å². The van der Waals surface area contributed by atoms with Crippen LogP contribution in [0.2, 0.25) is 0 Å². The molecule has 0 amide bonds. The monoisotopic (exact) mass is 644 g/mol. The highest BCUT2D eigenvalue weighted by molar-refractivity contribution is 7.22. The highest BCUT2D eigenvalue weighted by atomic mass is 32.1. The van der Waals surface area contributed by atoms with E-state index in [0.29, 0.717) is 33.8 Å². The van der Waals surface area contributed by atoms with Crippen molar-refractivity contribution in [2.45, 2.75) is 65.3 Å². The number of fused-ring (bicyclic) bond motifs is 3. The number of thiazole rings is 1. The van der Waals surface area contributed by atoms with E-state index in [-0.39, 0.29) is 5.56 Å². The Morgan fingerprint density at radius 1 is 1.02 bits per heavy atom. The number of anilines is 2. The zero-order valence-corrected chi connectivity index (χ0v) is 27.3. The molecular weight excluding hydrogens is 609 g/mol. The average Bonchev–Trinajstić information content (AvgIpc) is 3.72. The summed E-state index contributed by atoms with van der Waals surface area (Å²) in [6, 6.07) is 11.8. The number of para-hydroxylation sites is 1. The van der Waals surface area contributed by atoms with Crippen LogP contribution in [-0.4, -0.2) is 45.4 Å². The molecule has 4 saturated carbocycles. The molecule has 0 saturated heterocycles. The Hall–Kier alpha value is -4.64. The number of carbonyl (C=O) groups is 1. The van der Waals surface area contributed by atoms with E-state index < -0.39 is 5.97 Å². The lowest BCUT2D eigenvalue weighted by molar-refractivity contribution is 0.0169. The fraction of sp³-hybridized carbons (Fsp3) is 0.389. The van der Waals surface area contributed by atoms with Crippen molar-refractivity contribution in [1.82, 2.24) is 34.3 Å². The van der Waals surface area contributed by atoms with E-state index in [1.165, 1.54) is 44.9 Å². The van der Waals surface area contributed by atoms with Gasteiger partial charge in [-0.1, -0.05) is 36.3 Å². The van der Waals surface area contributed by atoms with Crippen LogP contribution in [0.3, 0.4) is 0 Å². The molecule has 4 bridgehead atoms. The number of nitrogens with zero attached hydrogens (tertiary/aromatic N) is 7. The van der Waals surface area contributed by atoms with Gasteiger partial charge in [-0.15, -0.1) is 10.2 Å². The van der Waals surface area contributed by atoms with Crippen molar-refractivity contribution in [3.05, 3.63) is 71.8 Å². The highest BCUT2D eigenvalue weighted by Gasteiger charge is 2.48. The van der Waals surface area contributed by atoms with Crippen molar-refractivity contribution in [3.63, 3.8) is 0 Å². The van der Waals surface area contributed by atoms with Gasteiger partial charge in [-0.2, -0.15) is 5.10 Å². The van der Waals surface area contributed by atoms with Gasteiger partial charge in [0.1, 0.15) is 11.3 Å². The third-order valence-electron chi connectivity index (χ3n) is 11.0. The van der Waals surface area contributed by atoms with E-state index in [1.807, 2.05) is 55.7 Å². The molecule has 238 valence electrons. The third-order valence-corrected chi connectivity index (χ3v) is 12.0. The zero-order chi connectivity index (χ0) is 31.9. The van der Waals surface area contributed by atoms with E-state index in [0.717, 1.165) is 56.5 Å². The molecule has 2 N–H and O–H groups in total. The number of aromatic nitrogens is 7. The molecule has 1 aromatic carbocycles. The summed E-state index contributed by atoms with van der Waals surface area (Å²) in [5, 5.41) is 28.4. The smallest absolute Gasteiger partial charge is 0.340 e. The first-order valence-corrected chi connectivity index (χ1v) is 17.4. The van der Waals surface area contributed by atoms with E-state index in [9.17, 15) is 9.90 Å². The molecule has 4 aliphatic carbocycles. The average molecular weight is 645 g/mol. The molecule has 11 heteroatoms. The molecule has 0 radical (unpaired) electrons. The summed E-state index contributed by atoms with van der Waals surface area (Å²) >= 11 is 1.56. The number of pyridine rings is 1. The Morgan fingerprint density at radius 2 is 1.81 bits per heavy atom. The molecule has 2 atom stereocenters. The van der Waals surface area contributed by atoms with Crippen LogP contribution in [-0.2, 0) is 6.54 Å². The molecule has 5 heterocycles. The Balaban J connectivity index is 1.03. The molecule has 5 aromatic heterocycles. The quantitative estimate of drug-likeness (QED) is 0.180. The van der Waals surface area contributed by atoms with Crippen LogP contribution in [0, 0.1) is 37.0 Å². The van der Waals surface area contributed by atoms with Gasteiger partial charge in [0.25, 0.3) is 0 Å². The molecular formula is C36H36N8O2S. The van der Waals surface area contributed by atoms with Crippen molar-refractivity contribution in [1.29, 1.82) is 0 Å². The first kappa shape index (κ1) is 28.6. The van der Waals surface area contributed by atoms with Crippen LogP contribution in [0.15, 0.2) is 55.0 Å². The molecule has 6 aromatic rings. The van der Waals surface area contributed by atoms with Gasteiger partial charge < -0.3 is 10.4 Å². The maximum Gasteiger partial charge on any atom is 0.340 e. The van der Waals surface area contributed by atoms with E-state index in [1.54, 1.807) is 21.9 Å². The SMILES string of the molecule is Cc1cc(-c2cnc3c(C(=O)O)c(-c4cnn(CC56CC7CCC(CC(C7)C5)C6)c4C)ccn23)nnc1Nc1nc2ccccc2s1. The number of nitrogens with one attached hydrogen (secondary N) is 1. The predicted octanol–water partition coefficient (Wildman–Crippen LogP) is 7.93. The molecule has 2 unspecified atom stereocenters. The Kier molecular flexibility index (Phi) is 6.50. The van der Waals surface area contributed by atoms with Crippen LogP contribution in [0.25, 0.3) is 38.4 Å². The minimum Gasteiger partial charge on any atom is -0.478 e. The largest absolute Gasteiger partial charge is 0.478 e. The van der Waals surface area contributed by atoms with Crippen molar-refractivity contribution in [2.75, 3.05) is 5.32 Å². The van der Waals surface area contributed by atoms with Crippen LogP contribution in [0.1, 0.15) is 66.6 Å². The van der Waals surface area contributed by atoms with E-state index in [4.69, 9.17) is 5.10 Å². The molecule has 0 aliphatic heterocycles. The maximum absolute atomic E-state index is 12.8. The zero-order valence-electron chi connectivity index (χ0n) is 26.5. The third kappa shape index (κ3) is 4.81. The summed E-state index contributed by atoms with van der Waals surface area (Å²) in [5.41, 5.74) is 6.42. The summed E-state index contributed by atoms with van der Waals surface area (Å²) in [6.45, 7) is 4.96. The standard InChI is InChI=1S/C36H36N8O2S/c1-20-11-28(41-42-32(20)40-35-39-27-5-3-4-6-30(27)47-35)29-18-37-33-31(34(45)46)25(9-10-43(29)33)26-17-38-44(21(26)2)19-36-14-22-7-8-23(15-36)13-24(12-22)16-36/h3-6,9-11,17-18,22-24H,7-8,12-16,19H2,1-2H3,(H,45,46)(H,39,40,42). The highest BCUT2D eigenvalue weighted by Crippen LogP contribution is 2.58. The molecule has 0 spiro atoms. The second kappa shape index (κ2) is 10.7. The number of benzene rings is 1. The van der Waals surface area contributed by atoms with Crippen LogP contribution in [0.5, 0.6) is 0 Å². The summed E-state index contributed by atoms with van der Waals surface area (Å²) in [5.74, 6) is 2.16. The van der Waals surface area contributed by atoms with Gasteiger partial charge in [-0.3, -0.25) is 9.08 Å². The Labute approximate surface area is 275 Å². The number of rotatable bonds is 7. The van der Waals surface area contributed by atoms with Gasteiger partial charge in [-0.25, -0.2) is 14.8 Å². The molecule has 4 aliphatic rings. The number of hydrogen-bond donors (Lipinski definition) is 2. The number of carboxylic acids is 1. The van der Waals surface area contributed by atoms with E-state index >= 15 is 0 Å². The molecule has 10 rings (SSSR count). The number of aromatic carboxylic acids is 1. The number of imidazole rings is 1. The number of hydrogen-bond acceptors (Lipinski definition) is 8. The summed E-state index contributed by atoms with van der Waals surface area (Å²) in [4.78, 5) is 22.1. The van der Waals surface area contributed by atoms with Crippen molar-refractivity contribution in [2.24, 2.45) is 23.2 Å². The van der Waals surface area contributed by atoms with Gasteiger partial charge in [0.2, 0.25) is 0 Å². The van der Waals surface area contributed by atoms with Crippen molar-refractivity contribution < 1.29 is 9.90 Å². The van der Waals surface area contributed by atoms with Crippen molar-refractivity contribution in [3.8, 4) is 22.5 Å². The summed E-state index contributed by atoms with van der Waals surface area (Å²) < 4.78 is 5.03. The van der Waals surface area contributed by atoms with Gasteiger partial charge in [0.05, 0.1) is 28.3 Å². The maximum atomic E-state index is 12.8. The minimum absolute atomic E-state index is 0.159. The lowest BCUT2D eigenvalue weighted by Gasteiger charge is -2.48.